The zero-order valence-electron chi connectivity index (χ0n) is 8.20. The number of hydrogen-bond acceptors (Lipinski definition) is 2. The second-order valence-electron chi connectivity index (χ2n) is 3.60. The molecule has 3 nitrogen and oxygen atoms in total. The Morgan fingerprint density at radius 1 is 1.47 bits per heavy atom. The summed E-state index contributed by atoms with van der Waals surface area (Å²) in [5.41, 5.74) is 7.43. The van der Waals surface area contributed by atoms with Crippen LogP contribution in [-0.2, 0) is 6.42 Å². The van der Waals surface area contributed by atoms with Gasteiger partial charge in [0.05, 0.1) is 6.10 Å². The average Bonchev–Trinajstić information content (AvgIpc) is 2.60. The molecule has 0 spiro atoms. The highest BCUT2D eigenvalue weighted by molar-refractivity contribution is 6.31. The molecular formula is C11H13ClN2O. The van der Waals surface area contributed by atoms with E-state index in [9.17, 15) is 5.11 Å². The van der Waals surface area contributed by atoms with Gasteiger partial charge in [-0.05, 0) is 17.7 Å². The van der Waals surface area contributed by atoms with E-state index in [-0.39, 0.29) is 6.54 Å². The van der Waals surface area contributed by atoms with Crippen molar-refractivity contribution in [2.75, 3.05) is 6.54 Å². The number of aromatic nitrogens is 1. The number of H-pyrrole nitrogens is 1. The Morgan fingerprint density at radius 3 is 3.00 bits per heavy atom. The number of nitrogens with two attached hydrogens (primary N) is 1. The molecule has 0 saturated heterocycles. The SMILES string of the molecule is NCC(O)Cc1c[nH]c2cc(Cl)ccc12. The van der Waals surface area contributed by atoms with Gasteiger partial charge in [0.1, 0.15) is 0 Å². The molecule has 1 aromatic heterocycles. The van der Waals surface area contributed by atoms with E-state index in [1.54, 1.807) is 0 Å². The van der Waals surface area contributed by atoms with E-state index in [0.29, 0.717) is 11.4 Å². The molecule has 0 fully saturated rings. The molecule has 2 rings (SSSR count). The summed E-state index contributed by atoms with van der Waals surface area (Å²) in [6, 6.07) is 5.66. The molecule has 0 aliphatic carbocycles. The van der Waals surface area contributed by atoms with E-state index in [4.69, 9.17) is 17.3 Å². The maximum atomic E-state index is 9.48. The maximum Gasteiger partial charge on any atom is 0.0703 e. The monoisotopic (exact) mass is 224 g/mol. The fourth-order valence-electron chi connectivity index (χ4n) is 1.66. The van der Waals surface area contributed by atoms with Gasteiger partial charge in [-0.1, -0.05) is 17.7 Å². The summed E-state index contributed by atoms with van der Waals surface area (Å²) < 4.78 is 0. The first kappa shape index (κ1) is 10.5. The van der Waals surface area contributed by atoms with E-state index < -0.39 is 6.10 Å². The van der Waals surface area contributed by atoms with Crippen LogP contribution in [-0.4, -0.2) is 22.7 Å². The van der Waals surface area contributed by atoms with Gasteiger partial charge in [-0.15, -0.1) is 0 Å². The van der Waals surface area contributed by atoms with Gasteiger partial charge in [0.25, 0.3) is 0 Å². The zero-order valence-corrected chi connectivity index (χ0v) is 8.96. The first-order valence-corrected chi connectivity index (χ1v) is 5.22. The van der Waals surface area contributed by atoms with E-state index in [2.05, 4.69) is 4.98 Å². The molecule has 1 heterocycles. The summed E-state index contributed by atoms with van der Waals surface area (Å²) in [6.45, 7) is 0.278. The van der Waals surface area contributed by atoms with Crippen molar-refractivity contribution in [3.05, 3.63) is 35.0 Å². The molecule has 0 aliphatic heterocycles. The van der Waals surface area contributed by atoms with Crippen molar-refractivity contribution in [1.29, 1.82) is 0 Å². The van der Waals surface area contributed by atoms with Crippen LogP contribution >= 0.6 is 11.6 Å². The van der Waals surface area contributed by atoms with Crippen molar-refractivity contribution in [2.24, 2.45) is 5.73 Å². The van der Waals surface area contributed by atoms with E-state index >= 15 is 0 Å². The van der Waals surface area contributed by atoms with Gasteiger partial charge in [-0.25, -0.2) is 0 Å². The van der Waals surface area contributed by atoms with Crippen molar-refractivity contribution in [2.45, 2.75) is 12.5 Å². The highest BCUT2D eigenvalue weighted by Crippen LogP contribution is 2.22. The van der Waals surface area contributed by atoms with Gasteiger partial charge >= 0.3 is 0 Å². The van der Waals surface area contributed by atoms with Gasteiger partial charge in [-0.2, -0.15) is 0 Å². The molecule has 80 valence electrons. The van der Waals surface area contributed by atoms with Crippen LogP contribution in [0.2, 0.25) is 5.02 Å². The Kier molecular flexibility index (Phi) is 2.95. The van der Waals surface area contributed by atoms with Gasteiger partial charge in [-0.3, -0.25) is 0 Å². The lowest BCUT2D eigenvalue weighted by molar-refractivity contribution is 0.184. The van der Waals surface area contributed by atoms with Crippen molar-refractivity contribution in [3.8, 4) is 0 Å². The Balaban J connectivity index is 2.36. The molecule has 0 saturated carbocycles. The summed E-state index contributed by atoms with van der Waals surface area (Å²) in [5, 5.41) is 11.3. The molecule has 0 bridgehead atoms. The number of hydrogen-bond donors (Lipinski definition) is 3. The molecule has 0 aliphatic rings. The van der Waals surface area contributed by atoms with Crippen LogP contribution in [0.3, 0.4) is 0 Å². The van der Waals surface area contributed by atoms with Crippen LogP contribution in [0.15, 0.2) is 24.4 Å². The number of aliphatic hydroxyl groups is 1. The minimum atomic E-state index is -0.486. The van der Waals surface area contributed by atoms with Gasteiger partial charge in [0.15, 0.2) is 0 Å². The zero-order chi connectivity index (χ0) is 10.8. The predicted octanol–water partition coefficient (Wildman–Crippen LogP) is 1.68. The predicted molar refractivity (Wildman–Crippen MR) is 62.1 cm³/mol. The fourth-order valence-corrected chi connectivity index (χ4v) is 1.84. The summed E-state index contributed by atoms with van der Waals surface area (Å²) >= 11 is 5.87. The summed E-state index contributed by atoms with van der Waals surface area (Å²) in [7, 11) is 0. The van der Waals surface area contributed by atoms with E-state index in [0.717, 1.165) is 16.5 Å². The van der Waals surface area contributed by atoms with E-state index in [1.807, 2.05) is 24.4 Å². The number of fused-ring (bicyclic) bond motifs is 1. The van der Waals surface area contributed by atoms with Gasteiger partial charge < -0.3 is 15.8 Å². The van der Waals surface area contributed by atoms with Crippen LogP contribution in [0.25, 0.3) is 10.9 Å². The third kappa shape index (κ3) is 2.15. The van der Waals surface area contributed by atoms with Crippen molar-refractivity contribution in [1.82, 2.24) is 4.98 Å². The lowest BCUT2D eigenvalue weighted by Crippen LogP contribution is -2.21. The molecule has 2 aromatic rings. The number of aliphatic hydroxyl groups excluding tert-OH is 1. The first-order chi connectivity index (χ1) is 7.20. The molecule has 0 amide bonds. The Bertz CT molecular complexity index is 467. The highest BCUT2D eigenvalue weighted by atomic mass is 35.5. The normalized spacial score (nSPS) is 13.3. The van der Waals surface area contributed by atoms with Crippen molar-refractivity contribution >= 4 is 22.5 Å². The number of rotatable bonds is 3. The Hall–Kier alpha value is -1.03. The third-order valence-corrected chi connectivity index (χ3v) is 2.69. The second kappa shape index (κ2) is 4.23. The average molecular weight is 225 g/mol. The lowest BCUT2D eigenvalue weighted by Gasteiger charge is -2.05. The molecule has 15 heavy (non-hydrogen) atoms. The topological polar surface area (TPSA) is 62.0 Å². The van der Waals surface area contributed by atoms with Crippen LogP contribution < -0.4 is 5.73 Å². The molecule has 1 unspecified atom stereocenters. The van der Waals surface area contributed by atoms with Gasteiger partial charge in [0.2, 0.25) is 0 Å². The fraction of sp³-hybridized carbons (Fsp3) is 0.273. The van der Waals surface area contributed by atoms with Crippen LogP contribution in [0.1, 0.15) is 5.56 Å². The summed E-state index contributed by atoms with van der Waals surface area (Å²) in [5.74, 6) is 0. The first-order valence-electron chi connectivity index (χ1n) is 4.84. The minimum Gasteiger partial charge on any atom is -0.391 e. The van der Waals surface area contributed by atoms with Crippen LogP contribution in [0.4, 0.5) is 0 Å². The van der Waals surface area contributed by atoms with Gasteiger partial charge in [0, 0.05) is 35.1 Å². The Labute approximate surface area is 92.9 Å². The maximum absolute atomic E-state index is 9.48. The standard InChI is InChI=1S/C11H13ClN2O/c12-8-1-2-10-7(3-9(15)5-13)6-14-11(10)4-8/h1-2,4,6,9,14-15H,3,5,13H2. The largest absolute Gasteiger partial charge is 0.391 e. The number of halogens is 1. The quantitative estimate of drug-likeness (QED) is 0.743. The number of benzene rings is 1. The molecule has 4 N–H and O–H groups in total. The number of aromatic amines is 1. The molecule has 4 heteroatoms. The van der Waals surface area contributed by atoms with Crippen molar-refractivity contribution in [3.63, 3.8) is 0 Å². The lowest BCUT2D eigenvalue weighted by atomic mass is 10.1. The van der Waals surface area contributed by atoms with Crippen molar-refractivity contribution < 1.29 is 5.11 Å². The summed E-state index contributed by atoms with van der Waals surface area (Å²) in [4.78, 5) is 3.12. The van der Waals surface area contributed by atoms with Crippen LogP contribution in [0, 0.1) is 0 Å². The molecule has 1 atom stereocenters. The smallest absolute Gasteiger partial charge is 0.0703 e. The second-order valence-corrected chi connectivity index (χ2v) is 4.03. The minimum absolute atomic E-state index is 0.278. The highest BCUT2D eigenvalue weighted by Gasteiger charge is 2.08. The molecular weight excluding hydrogens is 212 g/mol. The van der Waals surface area contributed by atoms with Crippen LogP contribution in [0.5, 0.6) is 0 Å². The third-order valence-electron chi connectivity index (χ3n) is 2.46. The molecule has 1 aromatic carbocycles. The Morgan fingerprint density at radius 2 is 2.27 bits per heavy atom. The number of nitrogens with one attached hydrogen (secondary N) is 1. The van der Waals surface area contributed by atoms with E-state index in [1.165, 1.54) is 0 Å². The molecule has 0 radical (unpaired) electrons. The summed E-state index contributed by atoms with van der Waals surface area (Å²) in [6.07, 6.45) is 1.97.